The first kappa shape index (κ1) is 15.8. The van der Waals surface area contributed by atoms with Crippen molar-refractivity contribution in [1.29, 1.82) is 0 Å². The van der Waals surface area contributed by atoms with Gasteiger partial charge in [0.25, 0.3) is 0 Å². The van der Waals surface area contributed by atoms with Gasteiger partial charge in [-0.05, 0) is 6.07 Å². The van der Waals surface area contributed by atoms with Crippen LogP contribution >= 0.6 is 35.6 Å². The van der Waals surface area contributed by atoms with Crippen molar-refractivity contribution < 1.29 is 4.39 Å². The molecular weight excluding hydrogens is 314 g/mol. The van der Waals surface area contributed by atoms with E-state index >= 15 is 0 Å². The molecule has 8 heteroatoms. The second-order valence-corrected chi connectivity index (χ2v) is 4.31. The Morgan fingerprint density at radius 2 is 1.84 bits per heavy atom. The fourth-order valence-corrected chi connectivity index (χ4v) is 2.03. The molecule has 0 atom stereocenters. The van der Waals surface area contributed by atoms with Crippen molar-refractivity contribution in [2.24, 2.45) is 0 Å². The summed E-state index contributed by atoms with van der Waals surface area (Å²) in [7, 11) is 0. The van der Waals surface area contributed by atoms with E-state index in [1.807, 2.05) is 0 Å². The maximum Gasteiger partial charge on any atom is 0.222 e. The van der Waals surface area contributed by atoms with Gasteiger partial charge in [0.15, 0.2) is 0 Å². The van der Waals surface area contributed by atoms with Gasteiger partial charge in [-0.15, -0.1) is 12.4 Å². The van der Waals surface area contributed by atoms with E-state index in [1.165, 1.54) is 0 Å². The summed E-state index contributed by atoms with van der Waals surface area (Å²) in [5.41, 5.74) is 12.1. The van der Waals surface area contributed by atoms with Gasteiger partial charge in [-0.2, -0.15) is 4.98 Å². The number of hydrogen-bond acceptors (Lipinski definition) is 4. The van der Waals surface area contributed by atoms with E-state index in [0.717, 1.165) is 0 Å². The predicted octanol–water partition coefficient (Wildman–Crippen LogP) is 3.51. The van der Waals surface area contributed by atoms with E-state index in [-0.39, 0.29) is 34.9 Å². The minimum atomic E-state index is -0.824. The number of rotatable bonds is 2. The van der Waals surface area contributed by atoms with E-state index in [2.05, 4.69) is 9.97 Å². The summed E-state index contributed by atoms with van der Waals surface area (Å²) >= 11 is 12.0. The molecule has 1 aromatic heterocycles. The first-order chi connectivity index (χ1) is 8.54. The highest BCUT2D eigenvalue weighted by Gasteiger charge is 2.17. The zero-order valence-corrected chi connectivity index (χ0v) is 11.9. The molecule has 0 aliphatic rings. The summed E-state index contributed by atoms with van der Waals surface area (Å²) in [6.07, 6.45) is 0. The molecule has 4 nitrogen and oxygen atoms in total. The number of benzene rings is 1. The quantitative estimate of drug-likeness (QED) is 0.886. The number of nitrogen functional groups attached to an aromatic ring is 2. The van der Waals surface area contributed by atoms with E-state index in [9.17, 15) is 4.39 Å². The Kier molecular flexibility index (Phi) is 5.17. The monoisotopic (exact) mass is 322 g/mol. The molecule has 0 aliphatic heterocycles. The van der Waals surface area contributed by atoms with Crippen molar-refractivity contribution in [2.45, 2.75) is 6.67 Å². The van der Waals surface area contributed by atoms with Crippen LogP contribution in [0.1, 0.15) is 5.69 Å². The van der Waals surface area contributed by atoms with E-state index in [1.54, 1.807) is 18.2 Å². The molecule has 0 fully saturated rings. The number of halogens is 4. The van der Waals surface area contributed by atoms with Gasteiger partial charge in [-0.3, -0.25) is 0 Å². The Hall–Kier alpha value is -1.30. The molecule has 0 amide bonds. The van der Waals surface area contributed by atoms with E-state index in [4.69, 9.17) is 34.7 Å². The van der Waals surface area contributed by atoms with Gasteiger partial charge in [0.2, 0.25) is 5.95 Å². The standard InChI is InChI=1S/C11H9Cl2FN4.ClH/c12-6-3-1-2-5(9(6)13)8-7(4-14)17-11(16)18-10(8)15;/h1-3H,4H2,(H4,15,16,17,18);1H. The summed E-state index contributed by atoms with van der Waals surface area (Å²) in [6, 6.07) is 4.97. The van der Waals surface area contributed by atoms with Crippen LogP contribution in [0.15, 0.2) is 18.2 Å². The fraction of sp³-hybridized carbons (Fsp3) is 0.0909. The molecule has 102 valence electrons. The third kappa shape index (κ3) is 3.00. The zero-order chi connectivity index (χ0) is 13.3. The summed E-state index contributed by atoms with van der Waals surface area (Å²) < 4.78 is 13.0. The van der Waals surface area contributed by atoms with E-state index < -0.39 is 6.67 Å². The minimum absolute atomic E-state index is 0. The van der Waals surface area contributed by atoms with Gasteiger partial charge in [-0.25, -0.2) is 9.37 Å². The van der Waals surface area contributed by atoms with Crippen LogP contribution in [-0.2, 0) is 6.67 Å². The number of nitrogens with two attached hydrogens (primary N) is 2. The maximum atomic E-state index is 13.0. The van der Waals surface area contributed by atoms with Gasteiger partial charge >= 0.3 is 0 Å². The highest BCUT2D eigenvalue weighted by molar-refractivity contribution is 6.43. The Balaban J connectivity index is 0.00000180. The Bertz CT molecular complexity index is 607. The lowest BCUT2D eigenvalue weighted by molar-refractivity contribution is 0.477. The Labute approximate surface area is 125 Å². The largest absolute Gasteiger partial charge is 0.383 e. The number of hydrogen-bond donors (Lipinski definition) is 2. The zero-order valence-electron chi connectivity index (χ0n) is 9.53. The second kappa shape index (κ2) is 6.23. The van der Waals surface area contributed by atoms with Crippen LogP contribution in [-0.4, -0.2) is 9.97 Å². The van der Waals surface area contributed by atoms with Gasteiger partial charge in [0.05, 0.1) is 15.7 Å². The molecule has 4 N–H and O–H groups in total. The van der Waals surface area contributed by atoms with Gasteiger partial charge in [0, 0.05) is 11.1 Å². The number of nitrogens with zero attached hydrogens (tertiary/aromatic N) is 2. The summed E-state index contributed by atoms with van der Waals surface area (Å²) in [5, 5.41) is 0.615. The molecule has 19 heavy (non-hydrogen) atoms. The second-order valence-electron chi connectivity index (χ2n) is 3.52. The first-order valence-electron chi connectivity index (χ1n) is 4.96. The third-order valence-corrected chi connectivity index (χ3v) is 3.20. The van der Waals surface area contributed by atoms with E-state index in [0.29, 0.717) is 16.1 Å². The first-order valence-corrected chi connectivity index (χ1v) is 5.72. The van der Waals surface area contributed by atoms with Crippen LogP contribution in [0.2, 0.25) is 10.0 Å². The lowest BCUT2D eigenvalue weighted by Crippen LogP contribution is -2.06. The van der Waals surface area contributed by atoms with Crippen molar-refractivity contribution in [3.63, 3.8) is 0 Å². The smallest absolute Gasteiger partial charge is 0.222 e. The van der Waals surface area contributed by atoms with Crippen molar-refractivity contribution in [1.82, 2.24) is 9.97 Å². The van der Waals surface area contributed by atoms with Crippen LogP contribution in [0, 0.1) is 0 Å². The highest BCUT2D eigenvalue weighted by atomic mass is 35.5. The molecule has 0 bridgehead atoms. The maximum absolute atomic E-state index is 13.0. The molecule has 0 unspecified atom stereocenters. The molecule has 1 aromatic carbocycles. The van der Waals surface area contributed by atoms with Crippen LogP contribution in [0.5, 0.6) is 0 Å². The van der Waals surface area contributed by atoms with Gasteiger partial charge in [0.1, 0.15) is 12.5 Å². The van der Waals surface area contributed by atoms with Crippen molar-refractivity contribution in [3.8, 4) is 11.1 Å². The molecule has 0 spiro atoms. The number of alkyl halides is 1. The molecule has 2 aromatic rings. The average molecular weight is 324 g/mol. The number of aromatic nitrogens is 2. The average Bonchev–Trinajstić information content (AvgIpc) is 2.32. The number of anilines is 2. The van der Waals surface area contributed by atoms with Crippen LogP contribution in [0.25, 0.3) is 11.1 Å². The van der Waals surface area contributed by atoms with Gasteiger partial charge in [-0.1, -0.05) is 35.3 Å². The molecule has 0 saturated carbocycles. The molecular formula is C11H10Cl3FN4. The lowest BCUT2D eigenvalue weighted by atomic mass is 10.0. The fourth-order valence-electron chi connectivity index (χ4n) is 1.63. The minimum Gasteiger partial charge on any atom is -0.383 e. The normalized spacial score (nSPS) is 10.1. The Morgan fingerprint density at radius 3 is 2.47 bits per heavy atom. The third-order valence-electron chi connectivity index (χ3n) is 2.38. The van der Waals surface area contributed by atoms with Crippen molar-refractivity contribution >= 4 is 47.4 Å². The summed E-state index contributed by atoms with van der Waals surface area (Å²) in [6.45, 7) is -0.824. The highest BCUT2D eigenvalue weighted by Crippen LogP contribution is 2.37. The molecule has 1 heterocycles. The van der Waals surface area contributed by atoms with Crippen LogP contribution < -0.4 is 11.5 Å². The van der Waals surface area contributed by atoms with Crippen LogP contribution in [0.4, 0.5) is 16.2 Å². The SMILES string of the molecule is Cl.Nc1nc(N)c(-c2cccc(Cl)c2Cl)c(CF)n1. The van der Waals surface area contributed by atoms with Gasteiger partial charge < -0.3 is 11.5 Å². The summed E-state index contributed by atoms with van der Waals surface area (Å²) in [5.74, 6) is -0.0126. The Morgan fingerprint density at radius 1 is 1.16 bits per heavy atom. The van der Waals surface area contributed by atoms with Crippen molar-refractivity contribution in [3.05, 3.63) is 33.9 Å². The van der Waals surface area contributed by atoms with Crippen molar-refractivity contribution in [2.75, 3.05) is 11.5 Å². The molecule has 2 rings (SSSR count). The van der Waals surface area contributed by atoms with Crippen LogP contribution in [0.3, 0.4) is 0 Å². The lowest BCUT2D eigenvalue weighted by Gasteiger charge is -2.11. The molecule has 0 saturated heterocycles. The topological polar surface area (TPSA) is 77.8 Å². The molecule has 0 aliphatic carbocycles. The molecule has 0 radical (unpaired) electrons. The predicted molar refractivity (Wildman–Crippen MR) is 78.4 cm³/mol. The summed E-state index contributed by atoms with van der Waals surface area (Å²) in [4.78, 5) is 7.61.